The van der Waals surface area contributed by atoms with E-state index in [0.29, 0.717) is 18.0 Å². The first kappa shape index (κ1) is 19.2. The van der Waals surface area contributed by atoms with Gasteiger partial charge in [-0.05, 0) is 37.3 Å². The summed E-state index contributed by atoms with van der Waals surface area (Å²) in [6, 6.07) is 13.0. The number of para-hydroxylation sites is 1. The Morgan fingerprint density at radius 3 is 2.48 bits per heavy atom. The molecule has 0 aliphatic carbocycles. The van der Waals surface area contributed by atoms with Gasteiger partial charge in [0.05, 0.1) is 23.1 Å². The number of halogens is 1. The van der Waals surface area contributed by atoms with Gasteiger partial charge < -0.3 is 10.1 Å². The van der Waals surface area contributed by atoms with Gasteiger partial charge in [-0.2, -0.15) is 4.31 Å². The Balaban J connectivity index is 2.10. The third kappa shape index (κ3) is 4.94. The van der Waals surface area contributed by atoms with Crippen molar-refractivity contribution in [2.45, 2.75) is 11.8 Å². The summed E-state index contributed by atoms with van der Waals surface area (Å²) < 4.78 is 31.4. The highest BCUT2D eigenvalue weighted by Gasteiger charge is 2.24. The molecule has 0 saturated heterocycles. The second-order valence-corrected chi connectivity index (χ2v) is 7.65. The van der Waals surface area contributed by atoms with Gasteiger partial charge in [-0.3, -0.25) is 4.79 Å². The van der Waals surface area contributed by atoms with E-state index in [1.165, 1.54) is 25.2 Å². The molecule has 0 unspecified atom stereocenters. The predicted octanol–water partition coefficient (Wildman–Crippen LogP) is 3.00. The minimum atomic E-state index is -3.85. The fourth-order valence-corrected chi connectivity index (χ4v) is 3.56. The molecular weight excluding hydrogens is 364 g/mol. The van der Waals surface area contributed by atoms with Crippen molar-refractivity contribution in [1.29, 1.82) is 0 Å². The van der Waals surface area contributed by atoms with E-state index in [2.05, 4.69) is 5.32 Å². The molecule has 0 aliphatic rings. The van der Waals surface area contributed by atoms with E-state index >= 15 is 0 Å². The van der Waals surface area contributed by atoms with E-state index < -0.39 is 15.9 Å². The molecule has 2 aromatic rings. The zero-order valence-electron chi connectivity index (χ0n) is 13.9. The second kappa shape index (κ2) is 8.33. The van der Waals surface area contributed by atoms with Gasteiger partial charge in [0, 0.05) is 12.7 Å². The minimum absolute atomic E-state index is 0.00374. The highest BCUT2D eigenvalue weighted by molar-refractivity contribution is 7.89. The van der Waals surface area contributed by atoms with E-state index in [4.69, 9.17) is 16.3 Å². The van der Waals surface area contributed by atoms with Gasteiger partial charge in [0.1, 0.15) is 5.75 Å². The van der Waals surface area contributed by atoms with Crippen molar-refractivity contribution < 1.29 is 17.9 Å². The Labute approximate surface area is 152 Å². The summed E-state index contributed by atoms with van der Waals surface area (Å²) in [5, 5.41) is 2.84. The number of benzene rings is 2. The maximum absolute atomic E-state index is 12.6. The summed E-state index contributed by atoms with van der Waals surface area (Å²) in [5.41, 5.74) is 0.599. The largest absolute Gasteiger partial charge is 0.492 e. The van der Waals surface area contributed by atoms with Crippen molar-refractivity contribution in [2.75, 3.05) is 25.5 Å². The Bertz CT molecular complexity index is 841. The van der Waals surface area contributed by atoms with Gasteiger partial charge in [0.2, 0.25) is 15.9 Å². The molecule has 0 atom stereocenters. The van der Waals surface area contributed by atoms with E-state index in [-0.39, 0.29) is 16.5 Å². The number of amides is 1. The lowest BCUT2D eigenvalue weighted by Crippen LogP contribution is -2.34. The molecule has 1 amide bonds. The van der Waals surface area contributed by atoms with Crippen LogP contribution in [0.15, 0.2) is 53.4 Å². The summed E-state index contributed by atoms with van der Waals surface area (Å²) >= 11 is 6.04. The van der Waals surface area contributed by atoms with Crippen LogP contribution in [0.5, 0.6) is 5.75 Å². The van der Waals surface area contributed by atoms with Gasteiger partial charge >= 0.3 is 0 Å². The van der Waals surface area contributed by atoms with Crippen molar-refractivity contribution >= 4 is 33.2 Å². The Kier molecular flexibility index (Phi) is 6.41. The van der Waals surface area contributed by atoms with Crippen molar-refractivity contribution in [1.82, 2.24) is 4.31 Å². The molecule has 0 aromatic heterocycles. The monoisotopic (exact) mass is 382 g/mol. The molecule has 6 nitrogen and oxygen atoms in total. The SMILES string of the molecule is CCOc1ccc(S(=O)(=O)N(C)CC(=O)Nc2ccccc2)cc1Cl. The van der Waals surface area contributed by atoms with Crippen molar-refractivity contribution in [3.05, 3.63) is 53.6 Å². The van der Waals surface area contributed by atoms with Gasteiger partial charge in [0.25, 0.3) is 0 Å². The molecule has 2 aromatic carbocycles. The minimum Gasteiger partial charge on any atom is -0.492 e. The number of hydrogen-bond acceptors (Lipinski definition) is 4. The normalized spacial score (nSPS) is 11.4. The fourth-order valence-electron chi connectivity index (χ4n) is 2.10. The lowest BCUT2D eigenvalue weighted by atomic mass is 10.3. The molecule has 0 fully saturated rings. The average molecular weight is 383 g/mol. The Morgan fingerprint density at radius 2 is 1.88 bits per heavy atom. The average Bonchev–Trinajstić information content (AvgIpc) is 2.57. The van der Waals surface area contributed by atoms with Crippen LogP contribution in [-0.4, -0.2) is 38.8 Å². The van der Waals surface area contributed by atoms with Gasteiger partial charge in [-0.25, -0.2) is 8.42 Å². The van der Waals surface area contributed by atoms with E-state index in [9.17, 15) is 13.2 Å². The topological polar surface area (TPSA) is 75.7 Å². The first-order valence-electron chi connectivity index (χ1n) is 7.58. The molecule has 0 radical (unpaired) electrons. The summed E-state index contributed by atoms with van der Waals surface area (Å²) in [5.74, 6) is -0.0260. The smallest absolute Gasteiger partial charge is 0.243 e. The number of nitrogens with one attached hydrogen (secondary N) is 1. The zero-order valence-corrected chi connectivity index (χ0v) is 15.5. The first-order chi connectivity index (χ1) is 11.8. The summed E-state index contributed by atoms with van der Waals surface area (Å²) in [7, 11) is -2.51. The second-order valence-electron chi connectivity index (χ2n) is 5.20. The van der Waals surface area contributed by atoms with Crippen LogP contribution in [0, 0.1) is 0 Å². The van der Waals surface area contributed by atoms with E-state index in [1.807, 2.05) is 6.07 Å². The molecule has 0 saturated carbocycles. The van der Waals surface area contributed by atoms with Crippen LogP contribution in [0.2, 0.25) is 5.02 Å². The highest BCUT2D eigenvalue weighted by atomic mass is 35.5. The molecule has 0 heterocycles. The van der Waals surface area contributed by atoms with Crippen molar-refractivity contribution in [2.24, 2.45) is 0 Å². The van der Waals surface area contributed by atoms with Crippen molar-refractivity contribution in [3.63, 3.8) is 0 Å². The number of anilines is 1. The molecule has 2 rings (SSSR count). The predicted molar refractivity (Wildman–Crippen MR) is 97.5 cm³/mol. The maximum Gasteiger partial charge on any atom is 0.243 e. The summed E-state index contributed by atoms with van der Waals surface area (Å²) in [6.07, 6.45) is 0. The Morgan fingerprint density at radius 1 is 1.20 bits per heavy atom. The molecule has 134 valence electrons. The molecule has 0 aliphatic heterocycles. The third-order valence-electron chi connectivity index (χ3n) is 3.34. The molecular formula is C17H19ClN2O4S. The highest BCUT2D eigenvalue weighted by Crippen LogP contribution is 2.28. The van der Waals surface area contributed by atoms with Crippen LogP contribution < -0.4 is 10.1 Å². The maximum atomic E-state index is 12.6. The molecule has 8 heteroatoms. The third-order valence-corrected chi connectivity index (χ3v) is 5.43. The molecule has 0 spiro atoms. The number of hydrogen-bond donors (Lipinski definition) is 1. The van der Waals surface area contributed by atoms with Gasteiger partial charge in [-0.15, -0.1) is 0 Å². The molecule has 0 bridgehead atoms. The lowest BCUT2D eigenvalue weighted by Gasteiger charge is -2.17. The van der Waals surface area contributed by atoms with E-state index in [0.717, 1.165) is 4.31 Å². The van der Waals surface area contributed by atoms with Crippen LogP contribution in [0.1, 0.15) is 6.92 Å². The van der Waals surface area contributed by atoms with Gasteiger partial charge in [0.15, 0.2) is 0 Å². The van der Waals surface area contributed by atoms with Crippen LogP contribution >= 0.6 is 11.6 Å². The number of sulfonamides is 1. The van der Waals surface area contributed by atoms with Crippen LogP contribution in [0.3, 0.4) is 0 Å². The molecule has 25 heavy (non-hydrogen) atoms. The van der Waals surface area contributed by atoms with Crippen LogP contribution in [0.4, 0.5) is 5.69 Å². The van der Waals surface area contributed by atoms with E-state index in [1.54, 1.807) is 31.2 Å². The number of carbonyl (C=O) groups excluding carboxylic acids is 1. The zero-order chi connectivity index (χ0) is 18.4. The fraction of sp³-hybridized carbons (Fsp3) is 0.235. The first-order valence-corrected chi connectivity index (χ1v) is 9.40. The quantitative estimate of drug-likeness (QED) is 0.798. The summed E-state index contributed by atoms with van der Waals surface area (Å²) in [6.45, 7) is 1.91. The number of nitrogens with zero attached hydrogens (tertiary/aromatic N) is 1. The number of carbonyl (C=O) groups is 1. The number of rotatable bonds is 7. The number of ether oxygens (including phenoxy) is 1. The van der Waals surface area contributed by atoms with Gasteiger partial charge in [-0.1, -0.05) is 29.8 Å². The number of likely N-dealkylation sites (N-methyl/N-ethyl adjacent to an activating group) is 1. The summed E-state index contributed by atoms with van der Waals surface area (Å²) in [4.78, 5) is 12.0. The van der Waals surface area contributed by atoms with Crippen LogP contribution in [-0.2, 0) is 14.8 Å². The standard InChI is InChI=1S/C17H19ClN2O4S/c1-3-24-16-10-9-14(11-15(16)18)25(22,23)20(2)12-17(21)19-13-7-5-4-6-8-13/h4-11H,3,12H2,1-2H3,(H,19,21). The van der Waals surface area contributed by atoms with Crippen LogP contribution in [0.25, 0.3) is 0 Å². The Hall–Kier alpha value is -2.09. The molecule has 1 N–H and O–H groups in total. The van der Waals surface area contributed by atoms with Crippen molar-refractivity contribution in [3.8, 4) is 5.75 Å². The lowest BCUT2D eigenvalue weighted by molar-refractivity contribution is -0.116.